The van der Waals surface area contributed by atoms with E-state index in [0.717, 1.165) is 50.0 Å². The van der Waals surface area contributed by atoms with E-state index in [2.05, 4.69) is 14.9 Å². The van der Waals surface area contributed by atoms with E-state index >= 15 is 0 Å². The molecule has 2 aromatic rings. The fraction of sp³-hybridized carbons (Fsp3) is 0.562. The number of alkyl halides is 2. The zero-order valence-electron chi connectivity index (χ0n) is 13.5. The largest absolute Gasteiger partial charge is 0.448 e. The molecule has 0 unspecified atom stereocenters. The quantitative estimate of drug-likeness (QED) is 0.838. The van der Waals surface area contributed by atoms with Gasteiger partial charge in [0.25, 0.3) is 12.0 Å². The van der Waals surface area contributed by atoms with Gasteiger partial charge in [0.05, 0.1) is 12.0 Å². The highest BCUT2D eigenvalue weighted by molar-refractivity contribution is 5.04. The minimum absolute atomic E-state index is 0.344. The molecule has 3 heterocycles. The summed E-state index contributed by atoms with van der Waals surface area (Å²) >= 11 is 0. The van der Waals surface area contributed by atoms with E-state index in [-0.39, 0.29) is 0 Å². The Bertz CT molecular complexity index is 736. The summed E-state index contributed by atoms with van der Waals surface area (Å²) in [6, 6.07) is 0.924. The molecule has 0 aromatic carbocycles. The first kappa shape index (κ1) is 16.8. The van der Waals surface area contributed by atoms with Gasteiger partial charge in [0.2, 0.25) is 0 Å². The van der Waals surface area contributed by atoms with E-state index < -0.39 is 17.7 Å². The first-order valence-electron chi connectivity index (χ1n) is 7.99. The van der Waals surface area contributed by atoms with Crippen LogP contribution in [-0.2, 0) is 13.1 Å². The number of piperidine rings is 1. The number of aromatic nitrogens is 3. The van der Waals surface area contributed by atoms with Crippen LogP contribution in [0.15, 0.2) is 28.0 Å². The van der Waals surface area contributed by atoms with E-state index in [4.69, 9.17) is 4.42 Å². The topological polar surface area (TPSA) is 64.2 Å². The van der Waals surface area contributed by atoms with E-state index in [1.807, 2.05) is 6.92 Å². The maximum atomic E-state index is 12.5. The molecule has 0 aliphatic carbocycles. The molecule has 1 aliphatic heterocycles. The molecule has 1 aliphatic rings. The zero-order valence-corrected chi connectivity index (χ0v) is 13.5. The lowest BCUT2D eigenvalue weighted by Gasteiger charge is -2.31. The highest BCUT2D eigenvalue weighted by Gasteiger charge is 2.21. The maximum Gasteiger partial charge on any atom is 0.280 e. The van der Waals surface area contributed by atoms with Crippen molar-refractivity contribution in [3.63, 3.8) is 0 Å². The predicted octanol–water partition coefficient (Wildman–Crippen LogP) is 2.39. The molecule has 24 heavy (non-hydrogen) atoms. The summed E-state index contributed by atoms with van der Waals surface area (Å²) in [5, 5.41) is 0. The van der Waals surface area contributed by atoms with Gasteiger partial charge in [-0.25, -0.2) is 18.7 Å². The van der Waals surface area contributed by atoms with Crippen LogP contribution in [0, 0.1) is 12.8 Å². The van der Waals surface area contributed by atoms with E-state index in [9.17, 15) is 13.6 Å². The average Bonchev–Trinajstić information content (AvgIpc) is 2.96. The molecule has 1 saturated heterocycles. The normalized spacial score (nSPS) is 16.8. The van der Waals surface area contributed by atoms with Crippen molar-refractivity contribution in [1.82, 2.24) is 19.4 Å². The summed E-state index contributed by atoms with van der Waals surface area (Å²) < 4.78 is 31.7. The number of hydrogen-bond acceptors (Lipinski definition) is 5. The van der Waals surface area contributed by atoms with Crippen molar-refractivity contribution in [2.45, 2.75) is 39.3 Å². The molecule has 0 bridgehead atoms. The Kier molecular flexibility index (Phi) is 5.03. The highest BCUT2D eigenvalue weighted by atomic mass is 19.3. The number of nitrogens with zero attached hydrogens (tertiary/aromatic N) is 4. The van der Waals surface area contributed by atoms with E-state index in [1.54, 1.807) is 0 Å². The van der Waals surface area contributed by atoms with Crippen molar-refractivity contribution < 1.29 is 13.2 Å². The summed E-state index contributed by atoms with van der Waals surface area (Å²) in [4.78, 5) is 22.1. The number of rotatable bonds is 5. The van der Waals surface area contributed by atoms with E-state index in [1.165, 1.54) is 17.3 Å². The lowest BCUT2D eigenvalue weighted by Crippen LogP contribution is -2.36. The van der Waals surface area contributed by atoms with Gasteiger partial charge in [0.15, 0.2) is 6.39 Å². The van der Waals surface area contributed by atoms with Crippen LogP contribution in [0.4, 0.5) is 8.78 Å². The fourth-order valence-electron chi connectivity index (χ4n) is 2.99. The fourth-order valence-corrected chi connectivity index (χ4v) is 2.99. The first-order chi connectivity index (χ1) is 11.5. The number of oxazole rings is 1. The van der Waals surface area contributed by atoms with Crippen molar-refractivity contribution in [3.05, 3.63) is 46.3 Å². The molecule has 0 saturated carbocycles. The first-order valence-corrected chi connectivity index (χ1v) is 7.99. The third kappa shape index (κ3) is 3.87. The summed E-state index contributed by atoms with van der Waals surface area (Å²) in [6.07, 6.45) is 1.87. The average molecular weight is 338 g/mol. The lowest BCUT2D eigenvalue weighted by molar-refractivity contribution is 0.144. The van der Waals surface area contributed by atoms with Crippen LogP contribution in [0.3, 0.4) is 0 Å². The SMILES string of the molecule is Cc1ocnc1CN1CCC(Cn2cnc(C(F)F)cc2=O)CC1. The van der Waals surface area contributed by atoms with E-state index in [0.29, 0.717) is 12.5 Å². The molecular weight excluding hydrogens is 318 g/mol. The van der Waals surface area contributed by atoms with Gasteiger partial charge in [-0.05, 0) is 38.8 Å². The molecule has 0 atom stereocenters. The Balaban J connectivity index is 1.54. The van der Waals surface area contributed by atoms with Crippen molar-refractivity contribution in [1.29, 1.82) is 0 Å². The monoisotopic (exact) mass is 338 g/mol. The van der Waals surface area contributed by atoms with Crippen LogP contribution >= 0.6 is 0 Å². The van der Waals surface area contributed by atoms with Crippen molar-refractivity contribution >= 4 is 0 Å². The molecular formula is C16H20F2N4O2. The molecule has 130 valence electrons. The molecule has 0 spiro atoms. The van der Waals surface area contributed by atoms with Gasteiger partial charge in [0.1, 0.15) is 11.5 Å². The van der Waals surface area contributed by atoms with Crippen LogP contribution in [0.1, 0.15) is 36.4 Å². The Morgan fingerprint density at radius 3 is 2.67 bits per heavy atom. The highest BCUT2D eigenvalue weighted by Crippen LogP contribution is 2.21. The van der Waals surface area contributed by atoms with Crippen LogP contribution in [0.2, 0.25) is 0 Å². The molecule has 8 heteroatoms. The molecule has 0 amide bonds. The summed E-state index contributed by atoms with van der Waals surface area (Å²) in [7, 11) is 0. The number of halogens is 2. The Morgan fingerprint density at radius 1 is 1.33 bits per heavy atom. The van der Waals surface area contributed by atoms with Crippen molar-refractivity contribution in [2.75, 3.05) is 13.1 Å². The second-order valence-corrected chi connectivity index (χ2v) is 6.18. The third-order valence-electron chi connectivity index (χ3n) is 4.50. The van der Waals surface area contributed by atoms with Crippen LogP contribution in [-0.4, -0.2) is 32.5 Å². The van der Waals surface area contributed by atoms with Gasteiger partial charge < -0.3 is 4.42 Å². The molecule has 0 radical (unpaired) electrons. The predicted molar refractivity (Wildman–Crippen MR) is 82.7 cm³/mol. The Hall–Kier alpha value is -2.09. The lowest BCUT2D eigenvalue weighted by atomic mass is 9.96. The zero-order chi connectivity index (χ0) is 17.1. The maximum absolute atomic E-state index is 12.5. The minimum atomic E-state index is -2.71. The van der Waals surface area contributed by atoms with Gasteiger partial charge in [-0.2, -0.15) is 0 Å². The minimum Gasteiger partial charge on any atom is -0.448 e. The molecule has 0 N–H and O–H groups in total. The smallest absolute Gasteiger partial charge is 0.280 e. The number of aryl methyl sites for hydroxylation is 1. The van der Waals surface area contributed by atoms with Crippen LogP contribution in [0.5, 0.6) is 0 Å². The van der Waals surface area contributed by atoms with Gasteiger partial charge in [-0.3, -0.25) is 14.3 Å². The second kappa shape index (κ2) is 7.21. The summed E-state index contributed by atoms with van der Waals surface area (Å²) in [6.45, 7) is 5.01. The molecule has 3 rings (SSSR count). The van der Waals surface area contributed by atoms with Gasteiger partial charge in [-0.15, -0.1) is 0 Å². The Morgan fingerprint density at radius 2 is 2.08 bits per heavy atom. The van der Waals surface area contributed by atoms with Crippen LogP contribution in [0.25, 0.3) is 0 Å². The second-order valence-electron chi connectivity index (χ2n) is 6.18. The molecule has 6 nitrogen and oxygen atoms in total. The third-order valence-corrected chi connectivity index (χ3v) is 4.50. The molecule has 2 aromatic heterocycles. The van der Waals surface area contributed by atoms with Crippen molar-refractivity contribution in [3.8, 4) is 0 Å². The summed E-state index contributed by atoms with van der Waals surface area (Å²) in [5.41, 5.74) is 0.0754. The summed E-state index contributed by atoms with van der Waals surface area (Å²) in [5.74, 6) is 1.19. The van der Waals surface area contributed by atoms with Gasteiger partial charge >= 0.3 is 0 Å². The van der Waals surface area contributed by atoms with Crippen molar-refractivity contribution in [2.24, 2.45) is 5.92 Å². The molecule has 1 fully saturated rings. The number of likely N-dealkylation sites (tertiary alicyclic amines) is 1. The Labute approximate surface area is 138 Å². The number of hydrogen-bond donors (Lipinski definition) is 0. The van der Waals surface area contributed by atoms with Gasteiger partial charge in [0, 0.05) is 19.2 Å². The van der Waals surface area contributed by atoms with Gasteiger partial charge in [-0.1, -0.05) is 0 Å². The standard InChI is InChI=1S/C16H20F2N4O2/c1-11-14(20-10-24-11)8-21-4-2-12(3-5-21)7-22-9-19-13(16(17)18)6-15(22)23/h6,9-10,12,16H,2-5,7-8H2,1H3. The van der Waals surface area contributed by atoms with Crippen LogP contribution < -0.4 is 5.56 Å².